The number of likely N-dealkylation sites (tertiary alicyclic amines) is 1. The van der Waals surface area contributed by atoms with Gasteiger partial charge in [0.2, 0.25) is 5.95 Å². The fourth-order valence-corrected chi connectivity index (χ4v) is 3.08. The monoisotopic (exact) mass is 324 g/mol. The first-order valence-electron chi connectivity index (χ1n) is 8.50. The van der Waals surface area contributed by atoms with E-state index >= 15 is 0 Å². The predicted molar refractivity (Wildman–Crippen MR) is 95.5 cm³/mol. The molecule has 2 heterocycles. The Morgan fingerprint density at radius 3 is 2.92 bits per heavy atom. The average molecular weight is 324 g/mol. The molecule has 24 heavy (non-hydrogen) atoms. The normalized spacial score (nSPS) is 17.6. The molecule has 1 amide bonds. The summed E-state index contributed by atoms with van der Waals surface area (Å²) in [6.45, 7) is 7.93. The van der Waals surface area contributed by atoms with Gasteiger partial charge in [0.15, 0.2) is 0 Å². The van der Waals surface area contributed by atoms with Gasteiger partial charge in [0.25, 0.3) is 5.91 Å². The maximum absolute atomic E-state index is 12.7. The van der Waals surface area contributed by atoms with E-state index in [1.54, 1.807) is 12.3 Å². The molecule has 0 aliphatic carbocycles. The summed E-state index contributed by atoms with van der Waals surface area (Å²) in [7, 11) is 0. The van der Waals surface area contributed by atoms with Crippen molar-refractivity contribution in [3.63, 3.8) is 0 Å². The second kappa shape index (κ2) is 6.99. The summed E-state index contributed by atoms with van der Waals surface area (Å²) in [6, 6.07) is 7.75. The molecule has 2 aromatic rings. The number of piperidine rings is 1. The van der Waals surface area contributed by atoms with Gasteiger partial charge >= 0.3 is 0 Å². The molecule has 1 aliphatic rings. The van der Waals surface area contributed by atoms with Crippen LogP contribution in [0.4, 0.5) is 11.6 Å². The summed E-state index contributed by atoms with van der Waals surface area (Å²) >= 11 is 0. The third-order valence-corrected chi connectivity index (χ3v) is 4.67. The first-order chi connectivity index (χ1) is 11.5. The van der Waals surface area contributed by atoms with E-state index in [1.807, 2.05) is 17.0 Å². The van der Waals surface area contributed by atoms with Crippen molar-refractivity contribution in [3.8, 4) is 0 Å². The second-order valence-electron chi connectivity index (χ2n) is 6.64. The first-order valence-corrected chi connectivity index (χ1v) is 8.50. The van der Waals surface area contributed by atoms with E-state index in [4.69, 9.17) is 0 Å². The molecule has 5 nitrogen and oxygen atoms in total. The van der Waals surface area contributed by atoms with Crippen molar-refractivity contribution < 1.29 is 4.79 Å². The van der Waals surface area contributed by atoms with Crippen molar-refractivity contribution >= 4 is 17.5 Å². The average Bonchev–Trinajstić information content (AvgIpc) is 2.58. The van der Waals surface area contributed by atoms with Crippen LogP contribution in [0.2, 0.25) is 0 Å². The van der Waals surface area contributed by atoms with Crippen LogP contribution in [0.1, 0.15) is 41.4 Å². The van der Waals surface area contributed by atoms with Crippen LogP contribution >= 0.6 is 0 Å². The lowest BCUT2D eigenvalue weighted by molar-refractivity contribution is 0.0677. The Balaban J connectivity index is 1.79. The minimum absolute atomic E-state index is 0.00651. The number of benzene rings is 1. The predicted octanol–water partition coefficient (Wildman–Crippen LogP) is 3.71. The van der Waals surface area contributed by atoms with Crippen LogP contribution in [0.5, 0.6) is 0 Å². The van der Waals surface area contributed by atoms with Gasteiger partial charge in [-0.2, -0.15) is 0 Å². The topological polar surface area (TPSA) is 58.1 Å². The molecule has 0 spiro atoms. The van der Waals surface area contributed by atoms with Crippen LogP contribution in [0, 0.1) is 19.8 Å². The van der Waals surface area contributed by atoms with E-state index in [2.05, 4.69) is 42.1 Å². The minimum atomic E-state index is -0.00651. The Morgan fingerprint density at radius 1 is 1.29 bits per heavy atom. The van der Waals surface area contributed by atoms with Gasteiger partial charge in [-0.05, 0) is 55.9 Å². The molecule has 1 aliphatic heterocycles. The Hall–Kier alpha value is -2.43. The molecule has 5 heteroatoms. The zero-order valence-electron chi connectivity index (χ0n) is 14.5. The quantitative estimate of drug-likeness (QED) is 0.935. The summed E-state index contributed by atoms with van der Waals surface area (Å²) in [5.41, 5.74) is 3.77. The molecule has 0 radical (unpaired) electrons. The number of hydrogen-bond donors (Lipinski definition) is 1. The SMILES string of the molecule is Cc1cccc(Nc2nccc(C(=O)N3CCCC(C)C3)n2)c1C. The highest BCUT2D eigenvalue weighted by atomic mass is 16.2. The highest BCUT2D eigenvalue weighted by molar-refractivity contribution is 5.92. The molecule has 1 aromatic heterocycles. The van der Waals surface area contributed by atoms with Gasteiger partial charge in [0.05, 0.1) is 0 Å². The standard InChI is InChI=1S/C19H24N4O/c1-13-6-5-11-23(12-13)18(24)17-9-10-20-19(22-17)21-16-8-4-7-14(2)15(16)3/h4,7-10,13H,5-6,11-12H2,1-3H3,(H,20,21,22). The third-order valence-electron chi connectivity index (χ3n) is 4.67. The van der Waals surface area contributed by atoms with E-state index in [-0.39, 0.29) is 5.91 Å². The highest BCUT2D eigenvalue weighted by Crippen LogP contribution is 2.21. The summed E-state index contributed by atoms with van der Waals surface area (Å²) in [5, 5.41) is 3.23. The summed E-state index contributed by atoms with van der Waals surface area (Å²) in [5.74, 6) is 1.00. The molecular weight excluding hydrogens is 300 g/mol. The van der Waals surface area contributed by atoms with Crippen LogP contribution < -0.4 is 5.32 Å². The van der Waals surface area contributed by atoms with Crippen molar-refractivity contribution in [2.24, 2.45) is 5.92 Å². The van der Waals surface area contributed by atoms with E-state index in [9.17, 15) is 4.79 Å². The van der Waals surface area contributed by atoms with Gasteiger partial charge in [-0.25, -0.2) is 9.97 Å². The molecule has 0 saturated carbocycles. The fourth-order valence-electron chi connectivity index (χ4n) is 3.08. The number of rotatable bonds is 3. The molecule has 1 fully saturated rings. The van der Waals surface area contributed by atoms with Crippen LogP contribution in [0.25, 0.3) is 0 Å². The number of hydrogen-bond acceptors (Lipinski definition) is 4. The second-order valence-corrected chi connectivity index (χ2v) is 6.64. The summed E-state index contributed by atoms with van der Waals surface area (Å²) in [4.78, 5) is 23.3. The smallest absolute Gasteiger partial charge is 0.272 e. The molecule has 1 unspecified atom stereocenters. The minimum Gasteiger partial charge on any atom is -0.337 e. The zero-order valence-corrected chi connectivity index (χ0v) is 14.5. The van der Waals surface area contributed by atoms with Crippen molar-refractivity contribution in [1.29, 1.82) is 0 Å². The number of anilines is 2. The van der Waals surface area contributed by atoms with Crippen molar-refractivity contribution in [3.05, 3.63) is 47.3 Å². The molecular formula is C19H24N4O. The van der Waals surface area contributed by atoms with Gasteiger partial charge in [-0.1, -0.05) is 19.1 Å². The lowest BCUT2D eigenvalue weighted by Crippen LogP contribution is -2.39. The number of nitrogens with zero attached hydrogens (tertiary/aromatic N) is 3. The number of carbonyl (C=O) groups is 1. The zero-order chi connectivity index (χ0) is 17.1. The molecule has 3 rings (SSSR count). The Kier molecular flexibility index (Phi) is 4.79. The van der Waals surface area contributed by atoms with Gasteiger partial charge in [-0.15, -0.1) is 0 Å². The van der Waals surface area contributed by atoms with Crippen LogP contribution in [-0.2, 0) is 0 Å². The fraction of sp³-hybridized carbons (Fsp3) is 0.421. The Morgan fingerprint density at radius 2 is 2.12 bits per heavy atom. The molecule has 1 N–H and O–H groups in total. The Labute approximate surface area is 143 Å². The van der Waals surface area contributed by atoms with Crippen molar-refractivity contribution in [2.75, 3.05) is 18.4 Å². The lowest BCUT2D eigenvalue weighted by atomic mass is 10.00. The van der Waals surface area contributed by atoms with Crippen molar-refractivity contribution in [1.82, 2.24) is 14.9 Å². The van der Waals surface area contributed by atoms with Crippen LogP contribution in [0.15, 0.2) is 30.5 Å². The molecule has 126 valence electrons. The number of aryl methyl sites for hydroxylation is 1. The first kappa shape index (κ1) is 16.4. The molecule has 0 bridgehead atoms. The molecule has 1 aromatic carbocycles. The van der Waals surface area contributed by atoms with Crippen molar-refractivity contribution in [2.45, 2.75) is 33.6 Å². The highest BCUT2D eigenvalue weighted by Gasteiger charge is 2.23. The summed E-state index contributed by atoms with van der Waals surface area (Å²) in [6.07, 6.45) is 3.89. The summed E-state index contributed by atoms with van der Waals surface area (Å²) < 4.78 is 0. The Bertz CT molecular complexity index is 744. The maximum Gasteiger partial charge on any atom is 0.272 e. The van der Waals surface area contributed by atoms with E-state index < -0.39 is 0 Å². The van der Waals surface area contributed by atoms with Crippen LogP contribution in [-0.4, -0.2) is 33.9 Å². The van der Waals surface area contributed by atoms with Gasteiger partial charge < -0.3 is 10.2 Å². The lowest BCUT2D eigenvalue weighted by Gasteiger charge is -2.30. The van der Waals surface area contributed by atoms with Gasteiger partial charge in [-0.3, -0.25) is 4.79 Å². The van der Waals surface area contributed by atoms with E-state index in [1.165, 1.54) is 12.0 Å². The third kappa shape index (κ3) is 3.55. The number of aromatic nitrogens is 2. The number of nitrogens with one attached hydrogen (secondary N) is 1. The maximum atomic E-state index is 12.7. The van der Waals surface area contributed by atoms with Gasteiger partial charge in [0.1, 0.15) is 5.69 Å². The van der Waals surface area contributed by atoms with Crippen LogP contribution in [0.3, 0.4) is 0 Å². The molecule has 1 atom stereocenters. The largest absolute Gasteiger partial charge is 0.337 e. The van der Waals surface area contributed by atoms with Gasteiger partial charge in [0, 0.05) is 25.0 Å². The molecule has 1 saturated heterocycles. The van der Waals surface area contributed by atoms with E-state index in [0.717, 1.165) is 30.8 Å². The van der Waals surface area contributed by atoms with E-state index in [0.29, 0.717) is 17.6 Å². The number of amides is 1. The number of carbonyl (C=O) groups excluding carboxylic acids is 1.